The lowest BCUT2D eigenvalue weighted by molar-refractivity contribution is 0.146. The minimum absolute atomic E-state index is 0.258. The normalized spacial score (nSPS) is 24.9. The van der Waals surface area contributed by atoms with Crippen LogP contribution < -0.4 is 20.1 Å². The standard InChI is InChI=1S/C14H19ClN2O3/c15-11-3-9(4-13-14(11)20-2-1-19-13)5-16-6-10-7-17-8-12(10)18/h3-4,10,12,16-18H,1-2,5-8H2. The number of halogens is 1. The Bertz CT molecular complexity index is 484. The van der Waals surface area contributed by atoms with Crippen molar-refractivity contribution < 1.29 is 14.6 Å². The highest BCUT2D eigenvalue weighted by Gasteiger charge is 2.24. The van der Waals surface area contributed by atoms with Gasteiger partial charge in [0.2, 0.25) is 0 Å². The summed E-state index contributed by atoms with van der Waals surface area (Å²) in [7, 11) is 0. The molecule has 0 spiro atoms. The van der Waals surface area contributed by atoms with E-state index in [2.05, 4.69) is 10.6 Å². The van der Waals surface area contributed by atoms with Gasteiger partial charge in [0, 0.05) is 32.1 Å². The van der Waals surface area contributed by atoms with E-state index < -0.39 is 0 Å². The van der Waals surface area contributed by atoms with Gasteiger partial charge in [-0.25, -0.2) is 0 Å². The maximum Gasteiger partial charge on any atom is 0.179 e. The van der Waals surface area contributed by atoms with E-state index in [1.807, 2.05) is 12.1 Å². The average Bonchev–Trinajstić information content (AvgIpc) is 2.85. The molecule has 1 aromatic rings. The average molecular weight is 299 g/mol. The van der Waals surface area contributed by atoms with Crippen LogP contribution in [-0.2, 0) is 6.54 Å². The summed E-state index contributed by atoms with van der Waals surface area (Å²) in [6.07, 6.45) is -0.258. The van der Waals surface area contributed by atoms with Gasteiger partial charge >= 0.3 is 0 Å². The minimum Gasteiger partial charge on any atom is -0.486 e. The lowest BCUT2D eigenvalue weighted by Gasteiger charge is -2.20. The highest BCUT2D eigenvalue weighted by molar-refractivity contribution is 6.32. The lowest BCUT2D eigenvalue weighted by Crippen LogP contribution is -2.30. The first-order chi connectivity index (χ1) is 9.74. The highest BCUT2D eigenvalue weighted by atomic mass is 35.5. The highest BCUT2D eigenvalue weighted by Crippen LogP contribution is 2.38. The van der Waals surface area contributed by atoms with Crippen LogP contribution in [0.5, 0.6) is 11.5 Å². The van der Waals surface area contributed by atoms with Crippen LogP contribution in [-0.4, -0.2) is 44.1 Å². The number of aliphatic hydroxyl groups is 1. The predicted molar refractivity (Wildman–Crippen MR) is 76.5 cm³/mol. The van der Waals surface area contributed by atoms with E-state index in [1.54, 1.807) is 0 Å². The molecular weight excluding hydrogens is 280 g/mol. The van der Waals surface area contributed by atoms with Gasteiger partial charge in [-0.1, -0.05) is 11.6 Å². The summed E-state index contributed by atoms with van der Waals surface area (Å²) in [5, 5.41) is 16.8. The van der Waals surface area contributed by atoms with Gasteiger partial charge in [-0.2, -0.15) is 0 Å². The molecule has 0 aromatic heterocycles. The van der Waals surface area contributed by atoms with Crippen molar-refractivity contribution in [3.8, 4) is 11.5 Å². The first-order valence-electron chi connectivity index (χ1n) is 6.91. The fourth-order valence-corrected chi connectivity index (χ4v) is 2.88. The van der Waals surface area contributed by atoms with Crippen LogP contribution in [0.3, 0.4) is 0 Å². The summed E-state index contributed by atoms with van der Waals surface area (Å²) < 4.78 is 11.0. The van der Waals surface area contributed by atoms with Crippen LogP contribution >= 0.6 is 11.6 Å². The molecule has 2 aliphatic heterocycles. The van der Waals surface area contributed by atoms with Crippen LogP contribution in [0.25, 0.3) is 0 Å². The van der Waals surface area contributed by atoms with Crippen LogP contribution in [0.4, 0.5) is 0 Å². The maximum atomic E-state index is 9.73. The molecule has 0 bridgehead atoms. The third-order valence-electron chi connectivity index (χ3n) is 3.70. The van der Waals surface area contributed by atoms with E-state index in [0.29, 0.717) is 42.8 Å². The van der Waals surface area contributed by atoms with E-state index >= 15 is 0 Å². The zero-order valence-corrected chi connectivity index (χ0v) is 11.9. The second-order valence-electron chi connectivity index (χ2n) is 5.22. The van der Waals surface area contributed by atoms with E-state index in [-0.39, 0.29) is 12.0 Å². The zero-order chi connectivity index (χ0) is 13.9. The van der Waals surface area contributed by atoms with Crippen molar-refractivity contribution >= 4 is 11.6 Å². The number of nitrogens with one attached hydrogen (secondary N) is 2. The van der Waals surface area contributed by atoms with Gasteiger partial charge in [0.15, 0.2) is 11.5 Å². The Morgan fingerprint density at radius 1 is 1.30 bits per heavy atom. The topological polar surface area (TPSA) is 62.8 Å². The van der Waals surface area contributed by atoms with E-state index in [9.17, 15) is 5.11 Å². The second-order valence-corrected chi connectivity index (χ2v) is 5.63. The van der Waals surface area contributed by atoms with Crippen LogP contribution in [0.1, 0.15) is 5.56 Å². The molecule has 110 valence electrons. The molecule has 0 saturated carbocycles. The maximum absolute atomic E-state index is 9.73. The molecule has 6 heteroatoms. The third kappa shape index (κ3) is 3.01. The molecule has 2 unspecified atom stereocenters. The van der Waals surface area contributed by atoms with Crippen molar-refractivity contribution in [2.45, 2.75) is 12.6 Å². The summed E-state index contributed by atoms with van der Waals surface area (Å²) in [5.41, 5.74) is 1.06. The molecule has 0 aliphatic carbocycles. The molecule has 5 nitrogen and oxygen atoms in total. The summed E-state index contributed by atoms with van der Waals surface area (Å²) in [6, 6.07) is 3.85. The van der Waals surface area contributed by atoms with Crippen molar-refractivity contribution in [1.29, 1.82) is 0 Å². The van der Waals surface area contributed by atoms with E-state index in [1.165, 1.54) is 0 Å². The number of benzene rings is 1. The number of β-amino-alcohol motifs (C(OH)–C–C–N with tert-alkyl or cyclic N) is 1. The van der Waals surface area contributed by atoms with Crippen molar-refractivity contribution in [2.75, 3.05) is 32.8 Å². The zero-order valence-electron chi connectivity index (χ0n) is 11.2. The Labute approximate surface area is 123 Å². The molecule has 2 heterocycles. The first kappa shape index (κ1) is 13.9. The first-order valence-corrected chi connectivity index (χ1v) is 7.29. The molecule has 20 heavy (non-hydrogen) atoms. The van der Waals surface area contributed by atoms with Gasteiger partial charge in [-0.05, 0) is 17.7 Å². The molecule has 0 amide bonds. The Kier molecular flexibility index (Phi) is 4.31. The summed E-state index contributed by atoms with van der Waals surface area (Å²) in [4.78, 5) is 0. The quantitative estimate of drug-likeness (QED) is 0.767. The fourth-order valence-electron chi connectivity index (χ4n) is 2.60. The van der Waals surface area contributed by atoms with Gasteiger partial charge in [-0.3, -0.25) is 0 Å². The number of rotatable bonds is 4. The van der Waals surface area contributed by atoms with Gasteiger partial charge in [0.1, 0.15) is 13.2 Å². The van der Waals surface area contributed by atoms with Crippen molar-refractivity contribution in [1.82, 2.24) is 10.6 Å². The van der Waals surface area contributed by atoms with Gasteiger partial charge in [0.25, 0.3) is 0 Å². The minimum atomic E-state index is -0.258. The van der Waals surface area contributed by atoms with Crippen molar-refractivity contribution in [2.24, 2.45) is 5.92 Å². The largest absolute Gasteiger partial charge is 0.486 e. The molecule has 2 aliphatic rings. The number of ether oxygens (including phenoxy) is 2. The van der Waals surface area contributed by atoms with Gasteiger partial charge in [0.05, 0.1) is 11.1 Å². The Balaban J connectivity index is 1.59. The van der Waals surface area contributed by atoms with Crippen LogP contribution in [0.15, 0.2) is 12.1 Å². The lowest BCUT2D eigenvalue weighted by atomic mass is 10.1. The smallest absolute Gasteiger partial charge is 0.179 e. The molecule has 3 rings (SSSR count). The molecule has 1 saturated heterocycles. The SMILES string of the molecule is OC1CNCC1CNCc1cc(Cl)c2c(c1)OCCO2. The second kappa shape index (κ2) is 6.18. The fraction of sp³-hybridized carbons (Fsp3) is 0.571. The summed E-state index contributed by atoms with van der Waals surface area (Å²) >= 11 is 6.19. The molecule has 1 fully saturated rings. The van der Waals surface area contributed by atoms with E-state index in [0.717, 1.165) is 18.7 Å². The number of hydrogen-bond donors (Lipinski definition) is 3. The number of aliphatic hydroxyl groups excluding tert-OH is 1. The summed E-state index contributed by atoms with van der Waals surface area (Å²) in [5.74, 6) is 1.61. The van der Waals surface area contributed by atoms with Crippen LogP contribution in [0.2, 0.25) is 5.02 Å². The van der Waals surface area contributed by atoms with Crippen molar-refractivity contribution in [3.63, 3.8) is 0 Å². The third-order valence-corrected chi connectivity index (χ3v) is 3.98. The molecular formula is C14H19ClN2O3. The Morgan fingerprint density at radius 3 is 2.95 bits per heavy atom. The Morgan fingerprint density at radius 2 is 2.15 bits per heavy atom. The Hall–Kier alpha value is -1.01. The van der Waals surface area contributed by atoms with E-state index in [4.69, 9.17) is 21.1 Å². The molecule has 3 N–H and O–H groups in total. The number of hydrogen-bond acceptors (Lipinski definition) is 5. The number of fused-ring (bicyclic) bond motifs is 1. The predicted octanol–water partition coefficient (Wildman–Crippen LogP) is 0.781. The summed E-state index contributed by atoms with van der Waals surface area (Å²) in [6.45, 7) is 4.11. The van der Waals surface area contributed by atoms with Crippen LogP contribution in [0, 0.1) is 5.92 Å². The van der Waals surface area contributed by atoms with Crippen molar-refractivity contribution in [3.05, 3.63) is 22.7 Å². The monoisotopic (exact) mass is 298 g/mol. The molecule has 0 radical (unpaired) electrons. The van der Waals surface area contributed by atoms with Gasteiger partial charge in [-0.15, -0.1) is 0 Å². The molecule has 1 aromatic carbocycles. The van der Waals surface area contributed by atoms with Gasteiger partial charge < -0.3 is 25.2 Å². The molecule has 2 atom stereocenters.